The summed E-state index contributed by atoms with van der Waals surface area (Å²) in [6, 6.07) is 10.4. The molecule has 0 bridgehead atoms. The zero-order chi connectivity index (χ0) is 17.3. The van der Waals surface area contributed by atoms with E-state index in [1.54, 1.807) is 11.0 Å². The number of carbonyl (C=O) groups excluding carboxylic acids is 1. The number of anilines is 2. The summed E-state index contributed by atoms with van der Waals surface area (Å²) in [5, 5.41) is 11.4. The normalized spacial score (nSPS) is 17.0. The minimum absolute atomic E-state index is 0.102. The highest BCUT2D eigenvalue weighted by atomic mass is 19.1. The van der Waals surface area contributed by atoms with Gasteiger partial charge in [0.25, 0.3) is 0 Å². The molecule has 4 nitrogen and oxygen atoms in total. The summed E-state index contributed by atoms with van der Waals surface area (Å²) in [5.74, 6) is -2.00. The molecule has 2 aromatic carbocycles. The lowest BCUT2D eigenvalue weighted by molar-refractivity contribution is -0.117. The Morgan fingerprint density at radius 1 is 1.21 bits per heavy atom. The Morgan fingerprint density at radius 2 is 1.83 bits per heavy atom. The molecule has 122 valence electrons. The maximum absolute atomic E-state index is 14.0. The molecular formula is C18H15F2N3O. The fourth-order valence-electron chi connectivity index (χ4n) is 2.74. The van der Waals surface area contributed by atoms with E-state index in [1.807, 2.05) is 31.2 Å². The molecule has 0 saturated carbocycles. The van der Waals surface area contributed by atoms with Gasteiger partial charge < -0.3 is 10.2 Å². The van der Waals surface area contributed by atoms with Gasteiger partial charge in [0, 0.05) is 12.2 Å². The minimum atomic E-state index is -0.881. The van der Waals surface area contributed by atoms with Crippen LogP contribution in [-0.2, 0) is 4.79 Å². The Balaban J connectivity index is 1.79. The average molecular weight is 327 g/mol. The van der Waals surface area contributed by atoms with Crippen molar-refractivity contribution >= 4 is 17.3 Å². The van der Waals surface area contributed by atoms with Gasteiger partial charge >= 0.3 is 0 Å². The Hall–Kier alpha value is -2.94. The SMILES string of the molecule is Cc1ccc(N2CCC(Nc3c(F)cc(C#N)cc3F)C2=O)cc1. The van der Waals surface area contributed by atoms with Crippen LogP contribution in [0.2, 0.25) is 0 Å². The van der Waals surface area contributed by atoms with Crippen LogP contribution in [0.5, 0.6) is 0 Å². The molecule has 24 heavy (non-hydrogen) atoms. The van der Waals surface area contributed by atoms with Crippen molar-refractivity contribution < 1.29 is 13.6 Å². The molecule has 1 heterocycles. The van der Waals surface area contributed by atoms with Gasteiger partial charge in [-0.15, -0.1) is 0 Å². The Kier molecular flexibility index (Phi) is 4.17. The number of hydrogen-bond donors (Lipinski definition) is 1. The van der Waals surface area contributed by atoms with Crippen molar-refractivity contribution in [3.8, 4) is 6.07 Å². The van der Waals surface area contributed by atoms with Gasteiger partial charge in [-0.3, -0.25) is 4.79 Å². The highest BCUT2D eigenvalue weighted by molar-refractivity contribution is 6.01. The zero-order valence-electron chi connectivity index (χ0n) is 13.0. The number of halogens is 2. The van der Waals surface area contributed by atoms with Crippen LogP contribution >= 0.6 is 0 Å². The lowest BCUT2D eigenvalue weighted by atomic mass is 10.1. The number of amides is 1. The van der Waals surface area contributed by atoms with Crippen LogP contribution in [0.3, 0.4) is 0 Å². The van der Waals surface area contributed by atoms with Crippen LogP contribution in [0.25, 0.3) is 0 Å². The largest absolute Gasteiger partial charge is 0.369 e. The number of nitrogens with zero attached hydrogens (tertiary/aromatic N) is 2. The number of rotatable bonds is 3. The van der Waals surface area contributed by atoms with Gasteiger partial charge in [-0.1, -0.05) is 17.7 Å². The predicted molar refractivity (Wildman–Crippen MR) is 86.6 cm³/mol. The van der Waals surface area contributed by atoms with Gasteiger partial charge in [0.2, 0.25) is 5.91 Å². The van der Waals surface area contributed by atoms with Crippen molar-refractivity contribution in [2.45, 2.75) is 19.4 Å². The molecule has 1 atom stereocenters. The van der Waals surface area contributed by atoms with E-state index in [-0.39, 0.29) is 17.2 Å². The van der Waals surface area contributed by atoms with E-state index < -0.39 is 17.7 Å². The zero-order valence-corrected chi connectivity index (χ0v) is 13.0. The number of carbonyl (C=O) groups is 1. The number of aryl methyl sites for hydroxylation is 1. The number of benzene rings is 2. The minimum Gasteiger partial charge on any atom is -0.369 e. The van der Waals surface area contributed by atoms with Crippen LogP contribution in [0.1, 0.15) is 17.5 Å². The van der Waals surface area contributed by atoms with Crippen molar-refractivity contribution in [3.63, 3.8) is 0 Å². The average Bonchev–Trinajstić information content (AvgIpc) is 2.92. The standard InChI is InChI=1S/C18H15F2N3O/c1-11-2-4-13(5-3-11)23-7-6-16(18(23)24)22-17-14(19)8-12(10-21)9-15(17)20/h2-5,8-9,16,22H,6-7H2,1H3. The molecular weight excluding hydrogens is 312 g/mol. The molecule has 3 rings (SSSR count). The first-order valence-electron chi connectivity index (χ1n) is 7.53. The van der Waals surface area contributed by atoms with Gasteiger partial charge in [0.05, 0.1) is 11.6 Å². The lowest BCUT2D eigenvalue weighted by Gasteiger charge is -2.18. The van der Waals surface area contributed by atoms with Gasteiger partial charge in [0.1, 0.15) is 11.7 Å². The van der Waals surface area contributed by atoms with Crippen LogP contribution in [0.15, 0.2) is 36.4 Å². The number of hydrogen-bond acceptors (Lipinski definition) is 3. The topological polar surface area (TPSA) is 56.1 Å². The molecule has 0 spiro atoms. The first-order chi connectivity index (χ1) is 11.5. The molecule has 6 heteroatoms. The number of nitriles is 1. The summed E-state index contributed by atoms with van der Waals surface area (Å²) in [6.45, 7) is 2.43. The number of nitrogens with one attached hydrogen (secondary N) is 1. The van der Waals surface area contributed by atoms with Gasteiger partial charge in [0.15, 0.2) is 11.6 Å². The van der Waals surface area contributed by atoms with E-state index in [0.29, 0.717) is 13.0 Å². The van der Waals surface area contributed by atoms with Crippen LogP contribution in [0, 0.1) is 29.9 Å². The Morgan fingerprint density at radius 3 is 2.42 bits per heavy atom. The first-order valence-corrected chi connectivity index (χ1v) is 7.53. The lowest BCUT2D eigenvalue weighted by Crippen LogP contribution is -2.33. The second kappa shape index (κ2) is 6.28. The molecule has 1 fully saturated rings. The van der Waals surface area contributed by atoms with Crippen molar-refractivity contribution in [2.24, 2.45) is 0 Å². The second-order valence-electron chi connectivity index (χ2n) is 5.74. The van der Waals surface area contributed by atoms with E-state index in [9.17, 15) is 13.6 Å². The third-order valence-corrected chi connectivity index (χ3v) is 4.04. The fraction of sp³-hybridized carbons (Fsp3) is 0.222. The van der Waals surface area contributed by atoms with E-state index in [2.05, 4.69) is 5.32 Å². The summed E-state index contributed by atoms with van der Waals surface area (Å²) >= 11 is 0. The highest BCUT2D eigenvalue weighted by Crippen LogP contribution is 2.27. The van der Waals surface area contributed by atoms with Crippen molar-refractivity contribution in [2.75, 3.05) is 16.8 Å². The summed E-state index contributed by atoms with van der Waals surface area (Å²) < 4.78 is 27.9. The van der Waals surface area contributed by atoms with E-state index in [1.165, 1.54) is 0 Å². The smallest absolute Gasteiger partial charge is 0.249 e. The molecule has 1 aliphatic rings. The fourth-order valence-corrected chi connectivity index (χ4v) is 2.74. The van der Waals surface area contributed by atoms with Gasteiger partial charge in [-0.2, -0.15) is 5.26 Å². The van der Waals surface area contributed by atoms with Crippen LogP contribution in [-0.4, -0.2) is 18.5 Å². The monoisotopic (exact) mass is 327 g/mol. The molecule has 1 aliphatic heterocycles. The molecule has 0 aliphatic carbocycles. The van der Waals surface area contributed by atoms with Gasteiger partial charge in [-0.25, -0.2) is 8.78 Å². The van der Waals surface area contributed by atoms with E-state index in [0.717, 1.165) is 23.4 Å². The molecule has 0 aromatic heterocycles. The van der Waals surface area contributed by atoms with Crippen molar-refractivity contribution in [1.82, 2.24) is 0 Å². The molecule has 1 amide bonds. The first kappa shape index (κ1) is 15.9. The van der Waals surface area contributed by atoms with Crippen molar-refractivity contribution in [1.29, 1.82) is 5.26 Å². The van der Waals surface area contributed by atoms with Crippen LogP contribution < -0.4 is 10.2 Å². The Labute approximate surface area is 138 Å². The molecule has 1 saturated heterocycles. The quantitative estimate of drug-likeness (QED) is 0.940. The molecule has 1 N–H and O–H groups in total. The molecule has 0 radical (unpaired) electrons. The molecule has 2 aromatic rings. The summed E-state index contributed by atoms with van der Waals surface area (Å²) in [6.07, 6.45) is 0.436. The third-order valence-electron chi connectivity index (χ3n) is 4.04. The summed E-state index contributed by atoms with van der Waals surface area (Å²) in [5.41, 5.74) is 1.37. The van der Waals surface area contributed by atoms with E-state index >= 15 is 0 Å². The summed E-state index contributed by atoms with van der Waals surface area (Å²) in [4.78, 5) is 14.1. The van der Waals surface area contributed by atoms with E-state index in [4.69, 9.17) is 5.26 Å². The second-order valence-corrected chi connectivity index (χ2v) is 5.74. The predicted octanol–water partition coefficient (Wildman–Crippen LogP) is 3.36. The maximum atomic E-state index is 14.0. The van der Waals surface area contributed by atoms with Crippen LogP contribution in [0.4, 0.5) is 20.2 Å². The third kappa shape index (κ3) is 2.93. The maximum Gasteiger partial charge on any atom is 0.249 e. The highest BCUT2D eigenvalue weighted by Gasteiger charge is 2.33. The molecule has 1 unspecified atom stereocenters. The van der Waals surface area contributed by atoms with Gasteiger partial charge in [-0.05, 0) is 37.6 Å². The summed E-state index contributed by atoms with van der Waals surface area (Å²) in [7, 11) is 0. The van der Waals surface area contributed by atoms with Crippen molar-refractivity contribution in [3.05, 3.63) is 59.2 Å². The Bertz CT molecular complexity index is 804.